The molecule has 0 aliphatic carbocycles. The number of rotatable bonds is 5. The summed E-state index contributed by atoms with van der Waals surface area (Å²) < 4.78 is 14.4. The molecule has 0 unspecified atom stereocenters. The topological polar surface area (TPSA) is 73.9 Å². The molecule has 21 heavy (non-hydrogen) atoms. The summed E-state index contributed by atoms with van der Waals surface area (Å²) in [4.78, 5) is 23.0. The van der Waals surface area contributed by atoms with Gasteiger partial charge in [0.05, 0.1) is 27.4 Å². The second-order valence-corrected chi connectivity index (χ2v) is 4.26. The number of anilines is 1. The number of carbonyl (C=O) groups excluding carboxylic acids is 2. The average Bonchev–Trinajstić information content (AvgIpc) is 2.50. The molecule has 0 saturated carbocycles. The lowest BCUT2D eigenvalue weighted by Gasteiger charge is -2.15. The Labute approximate surface area is 123 Å². The molecule has 6 heteroatoms. The SMILES string of the molecule is COC(=O)/C=C(/Nc1ccc(OC)c(C)c1C)C(=O)OC. The van der Waals surface area contributed by atoms with E-state index < -0.39 is 11.9 Å². The van der Waals surface area contributed by atoms with Crippen LogP contribution in [0.2, 0.25) is 0 Å². The van der Waals surface area contributed by atoms with Crippen molar-refractivity contribution in [1.29, 1.82) is 0 Å². The Kier molecular flexibility index (Phi) is 5.78. The minimum absolute atomic E-state index is 0.00276. The highest BCUT2D eigenvalue weighted by molar-refractivity contribution is 5.98. The van der Waals surface area contributed by atoms with Crippen molar-refractivity contribution >= 4 is 17.6 Å². The highest BCUT2D eigenvalue weighted by atomic mass is 16.5. The van der Waals surface area contributed by atoms with E-state index in [0.717, 1.165) is 23.0 Å². The molecule has 0 radical (unpaired) electrons. The van der Waals surface area contributed by atoms with Gasteiger partial charge in [-0.3, -0.25) is 0 Å². The summed E-state index contributed by atoms with van der Waals surface area (Å²) in [6.45, 7) is 3.79. The normalized spacial score (nSPS) is 10.8. The number of nitrogens with one attached hydrogen (secondary N) is 1. The number of hydrogen-bond acceptors (Lipinski definition) is 6. The van der Waals surface area contributed by atoms with Gasteiger partial charge >= 0.3 is 11.9 Å². The van der Waals surface area contributed by atoms with E-state index in [1.54, 1.807) is 19.2 Å². The summed E-state index contributed by atoms with van der Waals surface area (Å²) in [5.74, 6) is -0.561. The van der Waals surface area contributed by atoms with Crippen molar-refractivity contribution in [3.05, 3.63) is 35.0 Å². The summed E-state index contributed by atoms with van der Waals surface area (Å²) in [6.07, 6.45) is 1.05. The molecule has 0 saturated heterocycles. The number of esters is 2. The van der Waals surface area contributed by atoms with Crippen molar-refractivity contribution in [2.75, 3.05) is 26.6 Å². The minimum Gasteiger partial charge on any atom is -0.496 e. The van der Waals surface area contributed by atoms with E-state index in [0.29, 0.717) is 5.69 Å². The van der Waals surface area contributed by atoms with Gasteiger partial charge in [0.15, 0.2) is 0 Å². The first-order valence-corrected chi connectivity index (χ1v) is 6.23. The van der Waals surface area contributed by atoms with Crippen LogP contribution in [0.1, 0.15) is 11.1 Å². The summed E-state index contributed by atoms with van der Waals surface area (Å²) in [5, 5.41) is 2.89. The Balaban J connectivity index is 3.16. The third kappa shape index (κ3) is 3.98. The lowest BCUT2D eigenvalue weighted by atomic mass is 10.1. The zero-order valence-electron chi connectivity index (χ0n) is 12.8. The van der Waals surface area contributed by atoms with E-state index in [2.05, 4.69) is 14.8 Å². The third-order valence-electron chi connectivity index (χ3n) is 3.10. The fraction of sp³-hybridized carbons (Fsp3) is 0.333. The molecule has 114 valence electrons. The molecule has 1 aromatic rings. The maximum Gasteiger partial charge on any atom is 0.354 e. The number of benzene rings is 1. The van der Waals surface area contributed by atoms with E-state index in [1.807, 2.05) is 13.8 Å². The molecule has 0 spiro atoms. The molecule has 1 rings (SSSR count). The summed E-state index contributed by atoms with van der Waals surface area (Å²) in [5.41, 5.74) is 2.50. The first kappa shape index (κ1) is 16.6. The van der Waals surface area contributed by atoms with Crippen LogP contribution < -0.4 is 10.1 Å². The van der Waals surface area contributed by atoms with Gasteiger partial charge in [0.2, 0.25) is 0 Å². The molecule has 6 nitrogen and oxygen atoms in total. The molecule has 1 N–H and O–H groups in total. The fourth-order valence-corrected chi connectivity index (χ4v) is 1.73. The van der Waals surface area contributed by atoms with Crippen molar-refractivity contribution in [2.24, 2.45) is 0 Å². The van der Waals surface area contributed by atoms with Gasteiger partial charge in [0, 0.05) is 5.69 Å². The Hall–Kier alpha value is -2.50. The van der Waals surface area contributed by atoms with Crippen molar-refractivity contribution in [2.45, 2.75) is 13.8 Å². The lowest BCUT2D eigenvalue weighted by Crippen LogP contribution is -2.16. The maximum atomic E-state index is 11.7. The molecule has 0 fully saturated rings. The van der Waals surface area contributed by atoms with Crippen LogP contribution in [0.5, 0.6) is 5.75 Å². The van der Waals surface area contributed by atoms with Crippen LogP contribution in [0.4, 0.5) is 5.69 Å². The van der Waals surface area contributed by atoms with Crippen LogP contribution in [0.25, 0.3) is 0 Å². The molecular weight excluding hydrogens is 274 g/mol. The monoisotopic (exact) mass is 293 g/mol. The molecular formula is C15H19NO5. The zero-order chi connectivity index (χ0) is 16.0. The predicted molar refractivity (Wildman–Crippen MR) is 78.2 cm³/mol. The van der Waals surface area contributed by atoms with Crippen LogP contribution in [0.3, 0.4) is 0 Å². The fourth-order valence-electron chi connectivity index (χ4n) is 1.73. The number of ether oxygens (including phenoxy) is 3. The van der Waals surface area contributed by atoms with E-state index in [9.17, 15) is 9.59 Å². The summed E-state index contributed by atoms with van der Waals surface area (Å²) in [6, 6.07) is 3.53. The molecule has 0 aromatic heterocycles. The van der Waals surface area contributed by atoms with E-state index in [-0.39, 0.29) is 5.70 Å². The highest BCUT2D eigenvalue weighted by Gasteiger charge is 2.15. The van der Waals surface area contributed by atoms with Gasteiger partial charge in [-0.05, 0) is 37.1 Å². The zero-order valence-corrected chi connectivity index (χ0v) is 12.8. The van der Waals surface area contributed by atoms with E-state index in [4.69, 9.17) is 4.74 Å². The maximum absolute atomic E-state index is 11.7. The predicted octanol–water partition coefficient (Wildman–Crippen LogP) is 1.95. The number of carbonyl (C=O) groups is 2. The molecule has 0 aliphatic rings. The van der Waals surface area contributed by atoms with Crippen LogP contribution >= 0.6 is 0 Å². The van der Waals surface area contributed by atoms with Crippen LogP contribution in [0.15, 0.2) is 23.9 Å². The molecule has 0 heterocycles. The number of methoxy groups -OCH3 is 3. The van der Waals surface area contributed by atoms with Gasteiger partial charge < -0.3 is 19.5 Å². The third-order valence-corrected chi connectivity index (χ3v) is 3.10. The second kappa shape index (κ2) is 7.33. The quantitative estimate of drug-likeness (QED) is 0.661. The Bertz CT molecular complexity index is 578. The van der Waals surface area contributed by atoms with Gasteiger partial charge in [-0.25, -0.2) is 9.59 Å². The summed E-state index contributed by atoms with van der Waals surface area (Å²) >= 11 is 0. The second-order valence-electron chi connectivity index (χ2n) is 4.26. The Morgan fingerprint density at radius 3 is 2.24 bits per heavy atom. The molecule has 0 aliphatic heterocycles. The minimum atomic E-state index is -0.659. The highest BCUT2D eigenvalue weighted by Crippen LogP contribution is 2.28. The standard InChI is InChI=1S/C15H19NO5/c1-9-10(2)13(19-3)7-6-11(9)16-12(15(18)21-5)8-14(17)20-4/h6-8,16H,1-5H3/b12-8+. The van der Waals surface area contributed by atoms with Crippen LogP contribution in [0, 0.1) is 13.8 Å². The first-order chi connectivity index (χ1) is 9.94. The smallest absolute Gasteiger partial charge is 0.354 e. The van der Waals surface area contributed by atoms with Crippen molar-refractivity contribution in [3.8, 4) is 5.75 Å². The Morgan fingerprint density at radius 2 is 1.71 bits per heavy atom. The van der Waals surface area contributed by atoms with Gasteiger partial charge in [-0.15, -0.1) is 0 Å². The summed E-state index contributed by atoms with van der Waals surface area (Å²) in [7, 11) is 4.06. The van der Waals surface area contributed by atoms with E-state index in [1.165, 1.54) is 14.2 Å². The van der Waals surface area contributed by atoms with Gasteiger partial charge in [0.25, 0.3) is 0 Å². The van der Waals surface area contributed by atoms with Crippen LogP contribution in [-0.4, -0.2) is 33.3 Å². The van der Waals surface area contributed by atoms with Crippen molar-refractivity contribution in [3.63, 3.8) is 0 Å². The van der Waals surface area contributed by atoms with Crippen LogP contribution in [-0.2, 0) is 19.1 Å². The van der Waals surface area contributed by atoms with E-state index >= 15 is 0 Å². The molecule has 0 amide bonds. The number of hydrogen-bond donors (Lipinski definition) is 1. The first-order valence-electron chi connectivity index (χ1n) is 6.23. The van der Waals surface area contributed by atoms with Gasteiger partial charge in [0.1, 0.15) is 11.4 Å². The largest absolute Gasteiger partial charge is 0.496 e. The van der Waals surface area contributed by atoms with Crippen molar-refractivity contribution in [1.82, 2.24) is 0 Å². The Morgan fingerprint density at radius 1 is 1.05 bits per heavy atom. The molecule has 1 aromatic carbocycles. The molecule has 0 bridgehead atoms. The van der Waals surface area contributed by atoms with Crippen molar-refractivity contribution < 1.29 is 23.8 Å². The molecule has 0 atom stereocenters. The van der Waals surface area contributed by atoms with Gasteiger partial charge in [-0.1, -0.05) is 0 Å². The lowest BCUT2D eigenvalue weighted by molar-refractivity contribution is -0.138. The van der Waals surface area contributed by atoms with Gasteiger partial charge in [-0.2, -0.15) is 0 Å². The average molecular weight is 293 g/mol.